The molecule has 3 rings (SSSR count). The molecule has 2 atom stereocenters. The highest BCUT2D eigenvalue weighted by atomic mass is 32.1. The highest BCUT2D eigenvalue weighted by Crippen LogP contribution is 2.48. The maximum atomic E-state index is 6.98. The van der Waals surface area contributed by atoms with Gasteiger partial charge in [-0.2, -0.15) is 0 Å². The van der Waals surface area contributed by atoms with Crippen LogP contribution in [0.2, 0.25) is 0 Å². The zero-order valence-electron chi connectivity index (χ0n) is 12.2. The highest BCUT2D eigenvalue weighted by molar-refractivity contribution is 7.10. The second-order valence-electron chi connectivity index (χ2n) is 6.74. The van der Waals surface area contributed by atoms with Gasteiger partial charge in [-0.15, -0.1) is 11.3 Å². The highest BCUT2D eigenvalue weighted by Gasteiger charge is 2.43. The largest absolute Gasteiger partial charge is 0.321 e. The minimum atomic E-state index is -0.0228. The predicted molar refractivity (Wildman–Crippen MR) is 83.5 cm³/mol. The molecule has 0 aliphatic heterocycles. The summed E-state index contributed by atoms with van der Waals surface area (Å²) in [7, 11) is 0. The number of hydrogen-bond acceptors (Lipinski definition) is 2. The molecule has 2 fully saturated rings. The summed E-state index contributed by atoms with van der Waals surface area (Å²) in [5, 5.41) is 2.33. The second-order valence-corrected chi connectivity index (χ2v) is 7.85. The molecule has 2 saturated carbocycles. The summed E-state index contributed by atoms with van der Waals surface area (Å²) < 4.78 is 0. The van der Waals surface area contributed by atoms with Gasteiger partial charge in [-0.25, -0.2) is 0 Å². The van der Waals surface area contributed by atoms with Crippen LogP contribution in [0.3, 0.4) is 0 Å². The van der Waals surface area contributed by atoms with Gasteiger partial charge in [-0.1, -0.05) is 44.9 Å². The van der Waals surface area contributed by atoms with Crippen LogP contribution in [0.15, 0.2) is 11.4 Å². The molecule has 2 aliphatic rings. The van der Waals surface area contributed by atoms with Crippen LogP contribution in [0.25, 0.3) is 0 Å². The van der Waals surface area contributed by atoms with Gasteiger partial charge in [-0.05, 0) is 48.6 Å². The van der Waals surface area contributed by atoms with E-state index in [9.17, 15) is 0 Å². The lowest BCUT2D eigenvalue weighted by atomic mass is 9.62. The van der Waals surface area contributed by atoms with Crippen molar-refractivity contribution in [1.82, 2.24) is 0 Å². The predicted octanol–water partition coefficient (Wildman–Crippen LogP) is 4.98. The topological polar surface area (TPSA) is 26.0 Å². The molecule has 2 unspecified atom stereocenters. The number of thiophene rings is 1. The Kier molecular flexibility index (Phi) is 4.00. The fourth-order valence-corrected chi connectivity index (χ4v) is 5.26. The van der Waals surface area contributed by atoms with Crippen molar-refractivity contribution in [3.8, 4) is 0 Å². The van der Waals surface area contributed by atoms with Gasteiger partial charge < -0.3 is 5.73 Å². The first kappa shape index (κ1) is 13.6. The Labute approximate surface area is 121 Å². The Bertz CT molecular complexity index is 419. The average molecular weight is 277 g/mol. The monoisotopic (exact) mass is 277 g/mol. The van der Waals surface area contributed by atoms with Crippen molar-refractivity contribution in [1.29, 1.82) is 0 Å². The number of hydrogen-bond donors (Lipinski definition) is 1. The second kappa shape index (κ2) is 5.57. The molecular formula is C17H27NS. The van der Waals surface area contributed by atoms with E-state index >= 15 is 0 Å². The summed E-state index contributed by atoms with van der Waals surface area (Å²) in [5.74, 6) is 1.62. The summed E-state index contributed by atoms with van der Waals surface area (Å²) >= 11 is 1.87. The molecule has 1 heterocycles. The maximum absolute atomic E-state index is 6.98. The van der Waals surface area contributed by atoms with Crippen molar-refractivity contribution < 1.29 is 0 Å². The van der Waals surface area contributed by atoms with Crippen LogP contribution in [-0.4, -0.2) is 0 Å². The summed E-state index contributed by atoms with van der Waals surface area (Å²) in [5.41, 5.74) is 8.39. The number of rotatable bonds is 2. The Hall–Kier alpha value is -0.340. The minimum absolute atomic E-state index is 0.0228. The van der Waals surface area contributed by atoms with Gasteiger partial charge in [0.2, 0.25) is 0 Å². The Morgan fingerprint density at radius 2 is 1.84 bits per heavy atom. The Balaban J connectivity index is 1.86. The van der Waals surface area contributed by atoms with Crippen LogP contribution in [0.5, 0.6) is 0 Å². The van der Waals surface area contributed by atoms with Gasteiger partial charge in [0.1, 0.15) is 0 Å². The van der Waals surface area contributed by atoms with Gasteiger partial charge in [0.05, 0.1) is 0 Å². The van der Waals surface area contributed by atoms with Gasteiger partial charge in [0, 0.05) is 10.4 Å². The van der Waals surface area contributed by atoms with E-state index in [2.05, 4.69) is 18.4 Å². The zero-order valence-corrected chi connectivity index (χ0v) is 13.0. The van der Waals surface area contributed by atoms with Gasteiger partial charge in [-0.3, -0.25) is 0 Å². The van der Waals surface area contributed by atoms with Crippen LogP contribution in [0, 0.1) is 18.8 Å². The van der Waals surface area contributed by atoms with E-state index in [4.69, 9.17) is 5.73 Å². The molecule has 106 valence electrons. The molecule has 2 heteroatoms. The summed E-state index contributed by atoms with van der Waals surface area (Å²) in [6.45, 7) is 2.20. The fourth-order valence-electron chi connectivity index (χ4n) is 4.46. The normalized spacial score (nSPS) is 33.5. The quantitative estimate of drug-likeness (QED) is 0.810. The lowest BCUT2D eigenvalue weighted by Crippen LogP contribution is -2.49. The number of nitrogens with two attached hydrogens (primary N) is 1. The van der Waals surface area contributed by atoms with Crippen LogP contribution in [0.1, 0.15) is 68.2 Å². The van der Waals surface area contributed by atoms with E-state index in [0.29, 0.717) is 0 Å². The fraction of sp³-hybridized carbons (Fsp3) is 0.765. The van der Waals surface area contributed by atoms with Crippen molar-refractivity contribution in [2.45, 2.75) is 70.3 Å². The average Bonchev–Trinajstić information content (AvgIpc) is 2.88. The van der Waals surface area contributed by atoms with E-state index in [-0.39, 0.29) is 5.54 Å². The lowest BCUT2D eigenvalue weighted by molar-refractivity contribution is 0.0988. The molecule has 1 aromatic rings. The molecule has 1 aromatic heterocycles. The van der Waals surface area contributed by atoms with E-state index in [1.165, 1.54) is 68.2 Å². The van der Waals surface area contributed by atoms with E-state index in [0.717, 1.165) is 11.8 Å². The molecule has 0 bridgehead atoms. The van der Waals surface area contributed by atoms with Crippen molar-refractivity contribution in [2.24, 2.45) is 17.6 Å². The van der Waals surface area contributed by atoms with Crippen LogP contribution < -0.4 is 5.73 Å². The third-order valence-electron chi connectivity index (χ3n) is 5.50. The lowest BCUT2D eigenvalue weighted by Gasteiger charge is -2.46. The third-order valence-corrected chi connectivity index (χ3v) is 6.37. The molecular weight excluding hydrogens is 250 g/mol. The smallest absolute Gasteiger partial charge is 0.0449 e. The summed E-state index contributed by atoms with van der Waals surface area (Å²) in [6, 6.07) is 2.35. The molecule has 0 amide bonds. The first-order valence-electron chi connectivity index (χ1n) is 8.04. The molecule has 19 heavy (non-hydrogen) atoms. The van der Waals surface area contributed by atoms with Crippen LogP contribution in [0.4, 0.5) is 0 Å². The van der Waals surface area contributed by atoms with E-state index < -0.39 is 0 Å². The standard InChI is InChI=1S/C17H27NS/c1-13-11-15(12-19-13)17(18)10-6-5-9-16(17)14-7-3-2-4-8-14/h11-12,14,16H,2-10,18H2,1H3. The van der Waals surface area contributed by atoms with Crippen molar-refractivity contribution >= 4 is 11.3 Å². The Morgan fingerprint density at radius 3 is 2.53 bits per heavy atom. The first-order valence-corrected chi connectivity index (χ1v) is 8.92. The minimum Gasteiger partial charge on any atom is -0.321 e. The van der Waals surface area contributed by atoms with E-state index in [1.807, 2.05) is 11.3 Å². The Morgan fingerprint density at radius 1 is 1.11 bits per heavy atom. The van der Waals surface area contributed by atoms with Gasteiger partial charge in [0.15, 0.2) is 0 Å². The van der Waals surface area contributed by atoms with Crippen molar-refractivity contribution in [3.63, 3.8) is 0 Å². The van der Waals surface area contributed by atoms with Gasteiger partial charge >= 0.3 is 0 Å². The van der Waals surface area contributed by atoms with Crippen LogP contribution in [-0.2, 0) is 5.54 Å². The number of aryl methyl sites for hydroxylation is 1. The van der Waals surface area contributed by atoms with Gasteiger partial charge in [0.25, 0.3) is 0 Å². The van der Waals surface area contributed by atoms with E-state index in [1.54, 1.807) is 0 Å². The molecule has 0 aromatic carbocycles. The molecule has 0 saturated heterocycles. The third kappa shape index (κ3) is 2.62. The summed E-state index contributed by atoms with van der Waals surface area (Å²) in [4.78, 5) is 1.41. The van der Waals surface area contributed by atoms with Crippen molar-refractivity contribution in [2.75, 3.05) is 0 Å². The maximum Gasteiger partial charge on any atom is 0.0449 e. The molecule has 0 radical (unpaired) electrons. The molecule has 2 N–H and O–H groups in total. The molecule has 0 spiro atoms. The molecule has 1 nitrogen and oxygen atoms in total. The zero-order chi connectivity index (χ0) is 13.3. The first-order chi connectivity index (χ1) is 9.20. The molecule has 2 aliphatic carbocycles. The summed E-state index contributed by atoms with van der Waals surface area (Å²) in [6.07, 6.45) is 12.4. The van der Waals surface area contributed by atoms with Crippen molar-refractivity contribution in [3.05, 3.63) is 21.9 Å². The SMILES string of the molecule is Cc1cc(C2(N)CCCCC2C2CCCCC2)cs1. The van der Waals surface area contributed by atoms with Crippen LogP contribution >= 0.6 is 11.3 Å².